The lowest BCUT2D eigenvalue weighted by molar-refractivity contribution is -0.148. The minimum absolute atomic E-state index is 0.0904. The number of aliphatic carboxylic acids is 1. The molecule has 1 aliphatic heterocycles. The third-order valence-electron chi connectivity index (χ3n) is 4.96. The van der Waals surface area contributed by atoms with Crippen molar-refractivity contribution in [2.75, 3.05) is 11.4 Å². The van der Waals surface area contributed by atoms with Gasteiger partial charge >= 0.3 is 5.97 Å². The summed E-state index contributed by atoms with van der Waals surface area (Å²) in [4.78, 5) is 25.5. The van der Waals surface area contributed by atoms with Crippen molar-refractivity contribution in [3.8, 4) is 0 Å². The summed E-state index contributed by atoms with van der Waals surface area (Å²) in [6.45, 7) is 0.705. The molecule has 1 aliphatic carbocycles. The van der Waals surface area contributed by atoms with E-state index < -0.39 is 5.97 Å². The minimum Gasteiger partial charge on any atom is -0.481 e. The van der Waals surface area contributed by atoms with Crippen LogP contribution in [0.15, 0.2) is 36.4 Å². The predicted octanol–water partition coefficient (Wildman–Crippen LogP) is 2.84. The van der Waals surface area contributed by atoms with E-state index >= 15 is 0 Å². The zero-order valence-corrected chi connectivity index (χ0v) is 12.2. The van der Waals surface area contributed by atoms with Crippen molar-refractivity contribution in [3.05, 3.63) is 42.0 Å². The lowest BCUT2D eigenvalue weighted by atomic mass is 9.74. The van der Waals surface area contributed by atoms with Crippen LogP contribution >= 0.6 is 0 Å². The molecule has 4 heteroatoms. The maximum absolute atomic E-state index is 12.7. The van der Waals surface area contributed by atoms with Crippen LogP contribution in [0.2, 0.25) is 0 Å². The van der Waals surface area contributed by atoms with Crippen molar-refractivity contribution < 1.29 is 14.7 Å². The Morgan fingerprint density at radius 2 is 1.82 bits per heavy atom. The summed E-state index contributed by atoms with van der Waals surface area (Å²) in [7, 11) is 0. The topological polar surface area (TPSA) is 57.6 Å². The number of rotatable bonds is 2. The fourth-order valence-electron chi connectivity index (χ4n) is 3.63. The van der Waals surface area contributed by atoms with Gasteiger partial charge in [-0.2, -0.15) is 0 Å². The smallest absolute Gasteiger partial charge is 0.306 e. The molecule has 2 aliphatic rings. The molecule has 0 unspecified atom stereocenters. The Balaban J connectivity index is 1.66. The van der Waals surface area contributed by atoms with Gasteiger partial charge in [0.2, 0.25) is 5.91 Å². The van der Waals surface area contributed by atoms with Gasteiger partial charge in [-0.25, -0.2) is 0 Å². The number of hydrogen-bond acceptors (Lipinski definition) is 2. The summed E-state index contributed by atoms with van der Waals surface area (Å²) in [5.41, 5.74) is 2.24. The summed E-state index contributed by atoms with van der Waals surface area (Å²) in [5.74, 6) is -1.17. The Hall–Kier alpha value is -2.36. The molecule has 112 valence electrons. The fraction of sp³-hybridized carbons (Fsp3) is 0.333. The third kappa shape index (κ3) is 1.90. The van der Waals surface area contributed by atoms with Crippen LogP contribution in [0.25, 0.3) is 10.8 Å². The lowest BCUT2D eigenvalue weighted by Gasteiger charge is -2.34. The monoisotopic (exact) mass is 295 g/mol. The van der Waals surface area contributed by atoms with Gasteiger partial charge in [0, 0.05) is 17.8 Å². The molecular weight excluding hydrogens is 278 g/mol. The Morgan fingerprint density at radius 3 is 2.59 bits per heavy atom. The molecule has 1 fully saturated rings. The van der Waals surface area contributed by atoms with E-state index in [4.69, 9.17) is 5.11 Å². The average Bonchev–Trinajstić information content (AvgIpc) is 2.89. The standard InChI is InChI=1S/C18H17NO3/c20-17(13-9-14(10-13)18(21)22)19-8-7-12-6-5-11-3-1-2-4-15(11)16(12)19/h1-6,13-14H,7-10H2,(H,21,22). The quantitative estimate of drug-likeness (QED) is 0.927. The maximum Gasteiger partial charge on any atom is 0.306 e. The summed E-state index contributed by atoms with van der Waals surface area (Å²) < 4.78 is 0. The average molecular weight is 295 g/mol. The maximum atomic E-state index is 12.7. The molecule has 0 aromatic heterocycles. The fourth-order valence-corrected chi connectivity index (χ4v) is 3.63. The molecule has 4 nitrogen and oxygen atoms in total. The number of carboxylic acids is 1. The van der Waals surface area contributed by atoms with Crippen LogP contribution in [0, 0.1) is 11.8 Å². The van der Waals surface area contributed by atoms with Gasteiger partial charge in [0.1, 0.15) is 0 Å². The minimum atomic E-state index is -0.781. The van der Waals surface area contributed by atoms with E-state index in [9.17, 15) is 9.59 Å². The van der Waals surface area contributed by atoms with Gasteiger partial charge in [-0.05, 0) is 30.2 Å². The molecule has 4 rings (SSSR count). The van der Waals surface area contributed by atoms with Crippen LogP contribution in [0.3, 0.4) is 0 Å². The first kappa shape index (κ1) is 13.3. The van der Waals surface area contributed by atoms with Crippen molar-refractivity contribution in [1.82, 2.24) is 0 Å². The van der Waals surface area contributed by atoms with E-state index in [0.717, 1.165) is 22.9 Å². The van der Waals surface area contributed by atoms with Gasteiger partial charge in [0.15, 0.2) is 0 Å². The number of anilines is 1. The molecule has 1 saturated carbocycles. The zero-order valence-electron chi connectivity index (χ0n) is 12.2. The van der Waals surface area contributed by atoms with E-state index in [1.807, 2.05) is 17.0 Å². The molecule has 0 spiro atoms. The van der Waals surface area contributed by atoms with E-state index in [1.54, 1.807) is 0 Å². The highest BCUT2D eigenvalue weighted by atomic mass is 16.4. The second-order valence-electron chi connectivity index (χ2n) is 6.24. The highest BCUT2D eigenvalue weighted by Crippen LogP contribution is 2.41. The van der Waals surface area contributed by atoms with Gasteiger partial charge in [-0.15, -0.1) is 0 Å². The molecule has 1 heterocycles. The number of carboxylic acid groups (broad SMARTS) is 1. The predicted molar refractivity (Wildman–Crippen MR) is 83.9 cm³/mol. The van der Waals surface area contributed by atoms with E-state index in [0.29, 0.717) is 19.4 Å². The second kappa shape index (κ2) is 4.83. The molecule has 2 aromatic carbocycles. The van der Waals surface area contributed by atoms with Gasteiger partial charge in [0.25, 0.3) is 0 Å². The Labute approximate surface area is 128 Å². The van der Waals surface area contributed by atoms with Gasteiger partial charge in [-0.3, -0.25) is 9.59 Å². The Morgan fingerprint density at radius 1 is 1.05 bits per heavy atom. The Bertz CT molecular complexity index is 777. The van der Waals surface area contributed by atoms with Crippen molar-refractivity contribution in [2.45, 2.75) is 19.3 Å². The molecule has 1 amide bonds. The van der Waals surface area contributed by atoms with Crippen LogP contribution in [0.1, 0.15) is 18.4 Å². The first-order valence-electron chi connectivity index (χ1n) is 7.70. The van der Waals surface area contributed by atoms with Crippen LogP contribution in [0.5, 0.6) is 0 Å². The van der Waals surface area contributed by atoms with E-state index in [1.165, 1.54) is 5.56 Å². The van der Waals surface area contributed by atoms with Crippen molar-refractivity contribution in [3.63, 3.8) is 0 Å². The third-order valence-corrected chi connectivity index (χ3v) is 4.96. The van der Waals surface area contributed by atoms with E-state index in [-0.39, 0.29) is 17.7 Å². The summed E-state index contributed by atoms with van der Waals surface area (Å²) in [6.07, 6.45) is 1.83. The first-order chi connectivity index (χ1) is 10.6. The molecule has 0 saturated heterocycles. The summed E-state index contributed by atoms with van der Waals surface area (Å²) >= 11 is 0. The van der Waals surface area contributed by atoms with Gasteiger partial charge in [-0.1, -0.05) is 36.4 Å². The zero-order chi connectivity index (χ0) is 15.3. The number of hydrogen-bond donors (Lipinski definition) is 1. The highest BCUT2D eigenvalue weighted by Gasteiger charge is 2.42. The SMILES string of the molecule is O=C(O)C1CC(C(=O)N2CCc3ccc4ccccc4c32)C1. The highest BCUT2D eigenvalue weighted by molar-refractivity contribution is 6.07. The number of benzene rings is 2. The molecule has 0 bridgehead atoms. The van der Waals surface area contributed by atoms with E-state index in [2.05, 4.69) is 24.3 Å². The second-order valence-corrected chi connectivity index (χ2v) is 6.24. The first-order valence-corrected chi connectivity index (χ1v) is 7.70. The molecular formula is C18H17NO3. The van der Waals surface area contributed by atoms with Crippen molar-refractivity contribution in [2.24, 2.45) is 11.8 Å². The van der Waals surface area contributed by atoms with Gasteiger partial charge < -0.3 is 10.0 Å². The molecule has 0 atom stereocenters. The molecule has 1 N–H and O–H groups in total. The summed E-state index contributed by atoms with van der Waals surface area (Å²) in [6, 6.07) is 12.3. The molecule has 22 heavy (non-hydrogen) atoms. The largest absolute Gasteiger partial charge is 0.481 e. The summed E-state index contributed by atoms with van der Waals surface area (Å²) in [5, 5.41) is 11.2. The molecule has 0 radical (unpaired) electrons. The van der Waals surface area contributed by atoms with Crippen LogP contribution < -0.4 is 4.90 Å². The molecule has 2 aromatic rings. The van der Waals surface area contributed by atoms with Gasteiger partial charge in [0.05, 0.1) is 11.6 Å². The van der Waals surface area contributed by atoms with Crippen LogP contribution in [0.4, 0.5) is 5.69 Å². The normalized spacial score (nSPS) is 23.2. The number of amides is 1. The number of carbonyl (C=O) groups is 2. The lowest BCUT2D eigenvalue weighted by Crippen LogP contribution is -2.43. The van der Waals surface area contributed by atoms with Crippen LogP contribution in [-0.4, -0.2) is 23.5 Å². The van der Waals surface area contributed by atoms with Crippen molar-refractivity contribution >= 4 is 28.3 Å². The van der Waals surface area contributed by atoms with Crippen molar-refractivity contribution in [1.29, 1.82) is 0 Å². The van der Waals surface area contributed by atoms with Crippen LogP contribution in [-0.2, 0) is 16.0 Å². The number of fused-ring (bicyclic) bond motifs is 3. The number of nitrogens with zero attached hydrogens (tertiary/aromatic N) is 1. The Kier molecular flexibility index (Phi) is 2.93. The number of carbonyl (C=O) groups excluding carboxylic acids is 1.